The van der Waals surface area contributed by atoms with Gasteiger partial charge in [0.15, 0.2) is 5.96 Å². The summed E-state index contributed by atoms with van der Waals surface area (Å²) in [6.07, 6.45) is 3.59. The first-order valence-corrected chi connectivity index (χ1v) is 11.1. The standard InChI is InChI=1S/C23H35N7O2/c1-19-5-6-20(21(17-19)32-16-15-31-3)18-28-22(24-2)25-9-10-29-11-13-30(14-12-29)23-26-7-4-8-27-23/h4-8,17H,9-16,18H2,1-3H3,(H2,24,25,28). The zero-order valence-electron chi connectivity index (χ0n) is 19.4. The Hall–Kier alpha value is -2.91. The summed E-state index contributed by atoms with van der Waals surface area (Å²) in [5, 5.41) is 6.80. The van der Waals surface area contributed by atoms with Gasteiger partial charge < -0.3 is 25.0 Å². The SMILES string of the molecule is CN=C(NCCN1CCN(c2ncccn2)CC1)NCc1ccc(C)cc1OCCOC. The first-order chi connectivity index (χ1) is 15.7. The molecule has 9 heteroatoms. The molecule has 1 aliphatic rings. The molecule has 2 N–H and O–H groups in total. The highest BCUT2D eigenvalue weighted by Crippen LogP contribution is 2.20. The third kappa shape index (κ3) is 7.35. The van der Waals surface area contributed by atoms with Gasteiger partial charge in [-0.2, -0.15) is 0 Å². The van der Waals surface area contributed by atoms with E-state index in [-0.39, 0.29) is 0 Å². The molecule has 9 nitrogen and oxygen atoms in total. The van der Waals surface area contributed by atoms with Gasteiger partial charge in [0, 0.05) is 77.9 Å². The van der Waals surface area contributed by atoms with Crippen LogP contribution in [0.5, 0.6) is 5.75 Å². The maximum Gasteiger partial charge on any atom is 0.225 e. The molecule has 0 radical (unpaired) electrons. The van der Waals surface area contributed by atoms with E-state index in [0.29, 0.717) is 19.8 Å². The van der Waals surface area contributed by atoms with Crippen molar-refractivity contribution in [1.82, 2.24) is 25.5 Å². The Morgan fingerprint density at radius 2 is 1.88 bits per heavy atom. The molecule has 174 valence electrons. The average Bonchev–Trinajstić information content (AvgIpc) is 2.83. The summed E-state index contributed by atoms with van der Waals surface area (Å²) in [7, 11) is 3.47. The van der Waals surface area contributed by atoms with E-state index in [4.69, 9.17) is 9.47 Å². The molecule has 1 saturated heterocycles. The van der Waals surface area contributed by atoms with Crippen molar-refractivity contribution in [3.63, 3.8) is 0 Å². The number of anilines is 1. The van der Waals surface area contributed by atoms with Gasteiger partial charge in [-0.05, 0) is 24.6 Å². The molecule has 32 heavy (non-hydrogen) atoms. The number of guanidine groups is 1. The van der Waals surface area contributed by atoms with Gasteiger partial charge in [0.05, 0.1) is 6.61 Å². The van der Waals surface area contributed by atoms with Gasteiger partial charge in [0.2, 0.25) is 5.95 Å². The van der Waals surface area contributed by atoms with Crippen LogP contribution in [0.2, 0.25) is 0 Å². The predicted octanol–water partition coefficient (Wildman–Crippen LogP) is 1.30. The third-order valence-electron chi connectivity index (χ3n) is 5.37. The fraction of sp³-hybridized carbons (Fsp3) is 0.522. The first kappa shape index (κ1) is 23.7. The summed E-state index contributed by atoms with van der Waals surface area (Å²) < 4.78 is 11.0. The molecule has 0 unspecified atom stereocenters. The number of nitrogens with one attached hydrogen (secondary N) is 2. The molecule has 0 spiro atoms. The number of piperazine rings is 1. The van der Waals surface area contributed by atoms with Crippen LogP contribution in [0, 0.1) is 6.92 Å². The van der Waals surface area contributed by atoms with Crippen LogP contribution >= 0.6 is 0 Å². The van der Waals surface area contributed by atoms with Crippen molar-refractivity contribution in [2.24, 2.45) is 4.99 Å². The fourth-order valence-corrected chi connectivity index (χ4v) is 3.54. The number of ether oxygens (including phenoxy) is 2. The van der Waals surface area contributed by atoms with Crippen LogP contribution in [0.15, 0.2) is 41.7 Å². The van der Waals surface area contributed by atoms with Gasteiger partial charge in [0.25, 0.3) is 0 Å². The van der Waals surface area contributed by atoms with E-state index in [2.05, 4.69) is 60.5 Å². The highest BCUT2D eigenvalue weighted by molar-refractivity contribution is 5.79. The van der Waals surface area contributed by atoms with Crippen molar-refractivity contribution in [1.29, 1.82) is 0 Å². The Labute approximate surface area is 190 Å². The highest BCUT2D eigenvalue weighted by Gasteiger charge is 2.18. The van der Waals surface area contributed by atoms with Crippen LogP contribution in [0.3, 0.4) is 0 Å². The van der Waals surface area contributed by atoms with Gasteiger partial charge in [-0.3, -0.25) is 9.89 Å². The highest BCUT2D eigenvalue weighted by atomic mass is 16.5. The van der Waals surface area contributed by atoms with Gasteiger partial charge in [-0.25, -0.2) is 9.97 Å². The quantitative estimate of drug-likeness (QED) is 0.324. The minimum absolute atomic E-state index is 0.531. The van der Waals surface area contributed by atoms with Crippen LogP contribution in [-0.4, -0.2) is 87.5 Å². The number of aryl methyl sites for hydroxylation is 1. The van der Waals surface area contributed by atoms with Crippen molar-refractivity contribution in [3.05, 3.63) is 47.8 Å². The second-order valence-electron chi connectivity index (χ2n) is 7.68. The molecular weight excluding hydrogens is 406 g/mol. The van der Waals surface area contributed by atoms with Crippen LogP contribution in [0.4, 0.5) is 5.95 Å². The molecule has 2 heterocycles. The second kappa shape index (κ2) is 12.8. The summed E-state index contributed by atoms with van der Waals surface area (Å²) in [4.78, 5) is 17.7. The lowest BCUT2D eigenvalue weighted by molar-refractivity contribution is 0.145. The lowest BCUT2D eigenvalue weighted by Crippen LogP contribution is -2.49. The zero-order valence-corrected chi connectivity index (χ0v) is 19.4. The number of aliphatic imine (C=N–C) groups is 1. The third-order valence-corrected chi connectivity index (χ3v) is 5.37. The summed E-state index contributed by atoms with van der Waals surface area (Å²) in [6.45, 7) is 9.46. The maximum atomic E-state index is 5.88. The van der Waals surface area contributed by atoms with E-state index in [1.165, 1.54) is 5.56 Å². The van der Waals surface area contributed by atoms with Crippen LogP contribution < -0.4 is 20.3 Å². The molecular formula is C23H35N7O2. The predicted molar refractivity (Wildman–Crippen MR) is 127 cm³/mol. The van der Waals surface area contributed by atoms with Crippen molar-refractivity contribution in [2.45, 2.75) is 13.5 Å². The smallest absolute Gasteiger partial charge is 0.225 e. The summed E-state index contributed by atoms with van der Waals surface area (Å²) >= 11 is 0. The van der Waals surface area contributed by atoms with Crippen LogP contribution in [-0.2, 0) is 11.3 Å². The van der Waals surface area contributed by atoms with Crippen molar-refractivity contribution in [2.75, 3.05) is 71.5 Å². The molecule has 0 saturated carbocycles. The Bertz CT molecular complexity index is 839. The Kier molecular flexibility index (Phi) is 9.52. The molecule has 2 aromatic rings. The molecule has 0 aliphatic carbocycles. The Morgan fingerprint density at radius 1 is 1.09 bits per heavy atom. The zero-order chi connectivity index (χ0) is 22.6. The number of methoxy groups -OCH3 is 1. The van der Waals surface area contributed by atoms with E-state index < -0.39 is 0 Å². The number of rotatable bonds is 10. The topological polar surface area (TPSA) is 87.1 Å². The molecule has 1 fully saturated rings. The van der Waals surface area contributed by atoms with Crippen molar-refractivity contribution >= 4 is 11.9 Å². The molecule has 1 aliphatic heterocycles. The van der Waals surface area contributed by atoms with Gasteiger partial charge >= 0.3 is 0 Å². The van der Waals surface area contributed by atoms with E-state index in [0.717, 1.165) is 62.5 Å². The lowest BCUT2D eigenvalue weighted by atomic mass is 10.1. The largest absolute Gasteiger partial charge is 0.491 e. The van der Waals surface area contributed by atoms with Crippen molar-refractivity contribution < 1.29 is 9.47 Å². The Morgan fingerprint density at radius 3 is 2.59 bits per heavy atom. The molecule has 1 aromatic heterocycles. The lowest BCUT2D eigenvalue weighted by Gasteiger charge is -2.34. The normalized spacial score (nSPS) is 15.0. The van der Waals surface area contributed by atoms with Crippen LogP contribution in [0.25, 0.3) is 0 Å². The van der Waals surface area contributed by atoms with Gasteiger partial charge in [-0.1, -0.05) is 12.1 Å². The molecule has 0 amide bonds. The summed E-state index contributed by atoms with van der Waals surface area (Å²) in [5.74, 6) is 2.48. The maximum absolute atomic E-state index is 5.88. The monoisotopic (exact) mass is 441 g/mol. The molecule has 0 atom stereocenters. The number of aromatic nitrogens is 2. The molecule has 3 rings (SSSR count). The molecule has 0 bridgehead atoms. The first-order valence-electron chi connectivity index (χ1n) is 11.1. The fourth-order valence-electron chi connectivity index (χ4n) is 3.54. The number of nitrogens with zero attached hydrogens (tertiary/aromatic N) is 5. The minimum Gasteiger partial charge on any atom is -0.491 e. The minimum atomic E-state index is 0.531. The van der Waals surface area contributed by atoms with E-state index in [1.807, 2.05) is 6.07 Å². The van der Waals surface area contributed by atoms with E-state index in [1.54, 1.807) is 26.6 Å². The van der Waals surface area contributed by atoms with Gasteiger partial charge in [-0.15, -0.1) is 0 Å². The summed E-state index contributed by atoms with van der Waals surface area (Å²) in [5.41, 5.74) is 2.26. The van der Waals surface area contributed by atoms with E-state index >= 15 is 0 Å². The van der Waals surface area contributed by atoms with Crippen LogP contribution in [0.1, 0.15) is 11.1 Å². The average molecular weight is 442 g/mol. The number of hydrogen-bond acceptors (Lipinski definition) is 7. The molecule has 1 aromatic carbocycles. The van der Waals surface area contributed by atoms with E-state index in [9.17, 15) is 0 Å². The number of hydrogen-bond donors (Lipinski definition) is 2. The summed E-state index contributed by atoms with van der Waals surface area (Å²) in [6, 6.07) is 8.09. The number of benzene rings is 1. The Balaban J connectivity index is 1.39. The second-order valence-corrected chi connectivity index (χ2v) is 7.68. The van der Waals surface area contributed by atoms with Gasteiger partial charge in [0.1, 0.15) is 12.4 Å². The van der Waals surface area contributed by atoms with Crippen molar-refractivity contribution in [3.8, 4) is 5.75 Å².